The molecule has 0 amide bonds. The number of ketones is 1. The van der Waals surface area contributed by atoms with Crippen LogP contribution < -0.4 is 0 Å². The number of hydrogen-bond acceptors (Lipinski definition) is 2. The minimum Gasteiger partial charge on any atom is -0.309 e. The Morgan fingerprint density at radius 1 is 1.56 bits per heavy atom. The number of nitrogens with one attached hydrogen (secondary N) is 1. The van der Waals surface area contributed by atoms with Crippen molar-refractivity contribution < 1.29 is 4.79 Å². The van der Waals surface area contributed by atoms with E-state index < -0.39 is 0 Å². The van der Waals surface area contributed by atoms with Crippen molar-refractivity contribution >= 4 is 11.5 Å². The van der Waals surface area contributed by atoms with Crippen LogP contribution in [0.2, 0.25) is 0 Å². The zero-order valence-corrected chi connectivity index (χ0v) is 6.19. The molecule has 52 valence electrons. The molecule has 0 rings (SSSR count). The van der Waals surface area contributed by atoms with Crippen LogP contribution in [0.25, 0.3) is 0 Å². The number of Topliss-reactive ketones (excluding diaryl/α,β-unsaturated/α-hetero) is 1. The molecular formula is C7H13NO. The maximum atomic E-state index is 10.4. The lowest BCUT2D eigenvalue weighted by Gasteiger charge is -2.02. The van der Waals surface area contributed by atoms with Crippen LogP contribution in [-0.4, -0.2) is 11.5 Å². The van der Waals surface area contributed by atoms with Gasteiger partial charge in [0.15, 0.2) is 0 Å². The summed E-state index contributed by atoms with van der Waals surface area (Å²) in [6.07, 6.45) is 0.317. The van der Waals surface area contributed by atoms with Gasteiger partial charge in [-0.1, -0.05) is 13.8 Å². The van der Waals surface area contributed by atoms with Crippen LogP contribution in [0.15, 0.2) is 0 Å². The molecule has 9 heavy (non-hydrogen) atoms. The average molecular weight is 127 g/mol. The van der Waals surface area contributed by atoms with Crippen molar-refractivity contribution in [2.24, 2.45) is 5.92 Å². The Balaban J connectivity index is 3.64. The highest BCUT2D eigenvalue weighted by molar-refractivity contribution is 6.00. The first-order valence-electron chi connectivity index (χ1n) is 3.10. The molecule has 0 saturated heterocycles. The third-order valence-corrected chi connectivity index (χ3v) is 1.14. The van der Waals surface area contributed by atoms with E-state index in [0.717, 1.165) is 0 Å². The largest absolute Gasteiger partial charge is 0.309 e. The van der Waals surface area contributed by atoms with E-state index in [-0.39, 0.29) is 11.7 Å². The molecule has 0 aliphatic heterocycles. The van der Waals surface area contributed by atoms with Crippen molar-refractivity contribution in [3.8, 4) is 0 Å². The van der Waals surface area contributed by atoms with Crippen LogP contribution in [0.5, 0.6) is 0 Å². The minimum atomic E-state index is 0.0775. The fourth-order valence-corrected chi connectivity index (χ4v) is 0.472. The Kier molecular flexibility index (Phi) is 3.13. The number of carbonyl (C=O) groups is 1. The van der Waals surface area contributed by atoms with Crippen LogP contribution in [-0.2, 0) is 4.79 Å². The van der Waals surface area contributed by atoms with E-state index in [4.69, 9.17) is 5.41 Å². The summed E-state index contributed by atoms with van der Waals surface area (Å²) in [4.78, 5) is 10.4. The van der Waals surface area contributed by atoms with Gasteiger partial charge in [-0.25, -0.2) is 0 Å². The highest BCUT2D eigenvalue weighted by atomic mass is 16.1. The van der Waals surface area contributed by atoms with E-state index in [2.05, 4.69) is 0 Å². The molecule has 0 aromatic rings. The van der Waals surface area contributed by atoms with Crippen LogP contribution in [0.4, 0.5) is 0 Å². The molecule has 0 aliphatic rings. The molecule has 0 spiro atoms. The van der Waals surface area contributed by atoms with Gasteiger partial charge in [-0.05, 0) is 12.8 Å². The van der Waals surface area contributed by atoms with Crippen LogP contribution in [0.1, 0.15) is 27.2 Å². The van der Waals surface area contributed by atoms with Crippen molar-refractivity contribution in [3.63, 3.8) is 0 Å². The molecule has 0 aromatic heterocycles. The summed E-state index contributed by atoms with van der Waals surface area (Å²) in [6, 6.07) is 0. The van der Waals surface area contributed by atoms with Gasteiger partial charge >= 0.3 is 0 Å². The summed E-state index contributed by atoms with van der Waals surface area (Å²) in [6.45, 7) is 5.35. The monoisotopic (exact) mass is 127 g/mol. The van der Waals surface area contributed by atoms with Crippen LogP contribution >= 0.6 is 0 Å². The Morgan fingerprint density at radius 3 is 2.11 bits per heavy atom. The van der Waals surface area contributed by atoms with E-state index in [0.29, 0.717) is 12.1 Å². The molecule has 0 unspecified atom stereocenters. The predicted molar refractivity (Wildman–Crippen MR) is 37.9 cm³/mol. The van der Waals surface area contributed by atoms with Gasteiger partial charge in [0.25, 0.3) is 0 Å². The molecule has 2 heteroatoms. The van der Waals surface area contributed by atoms with Gasteiger partial charge in [-0.15, -0.1) is 0 Å². The van der Waals surface area contributed by atoms with Crippen molar-refractivity contribution in [1.29, 1.82) is 5.41 Å². The van der Waals surface area contributed by atoms with Crippen LogP contribution in [0.3, 0.4) is 0 Å². The van der Waals surface area contributed by atoms with E-state index >= 15 is 0 Å². The molecule has 0 aliphatic carbocycles. The summed E-state index contributed by atoms with van der Waals surface area (Å²) >= 11 is 0. The Hall–Kier alpha value is -0.660. The van der Waals surface area contributed by atoms with Gasteiger partial charge in [0, 0.05) is 12.1 Å². The number of carbonyl (C=O) groups excluding carboxylic acids is 1. The lowest BCUT2D eigenvalue weighted by Crippen LogP contribution is -2.09. The highest BCUT2D eigenvalue weighted by Gasteiger charge is 2.03. The standard InChI is InChI=1S/C7H13NO/c1-5(2)7(8)4-6(3)9/h5,8H,4H2,1-3H3. The maximum Gasteiger partial charge on any atom is 0.135 e. The van der Waals surface area contributed by atoms with Gasteiger partial charge in [0.05, 0.1) is 0 Å². The summed E-state index contributed by atoms with van der Waals surface area (Å²) in [5.74, 6) is 0.294. The van der Waals surface area contributed by atoms with Crippen LogP contribution in [0, 0.1) is 11.3 Å². The van der Waals surface area contributed by atoms with E-state index in [1.165, 1.54) is 6.92 Å². The molecule has 0 aromatic carbocycles. The smallest absolute Gasteiger partial charge is 0.135 e. The normalized spacial score (nSPS) is 9.78. The van der Waals surface area contributed by atoms with Crippen molar-refractivity contribution in [1.82, 2.24) is 0 Å². The fraction of sp³-hybridized carbons (Fsp3) is 0.714. The van der Waals surface area contributed by atoms with E-state index in [1.54, 1.807) is 0 Å². The van der Waals surface area contributed by atoms with Gasteiger partial charge in [0.2, 0.25) is 0 Å². The SMILES string of the molecule is CC(=O)CC(=N)C(C)C. The van der Waals surface area contributed by atoms with Crippen molar-refractivity contribution in [3.05, 3.63) is 0 Å². The first-order valence-corrected chi connectivity index (χ1v) is 3.10. The lowest BCUT2D eigenvalue weighted by atomic mass is 10.0. The number of hydrogen-bond donors (Lipinski definition) is 1. The first-order chi connectivity index (χ1) is 4.04. The molecule has 2 nitrogen and oxygen atoms in total. The summed E-state index contributed by atoms with van der Waals surface area (Å²) in [7, 11) is 0. The van der Waals surface area contributed by atoms with Gasteiger partial charge in [0.1, 0.15) is 5.78 Å². The summed E-state index contributed by atoms with van der Waals surface area (Å²) in [5.41, 5.74) is 0.530. The average Bonchev–Trinajstić information content (AvgIpc) is 1.63. The third-order valence-electron chi connectivity index (χ3n) is 1.14. The molecule has 0 radical (unpaired) electrons. The minimum absolute atomic E-state index is 0.0775. The third kappa shape index (κ3) is 3.88. The second-order valence-corrected chi connectivity index (χ2v) is 2.56. The quantitative estimate of drug-likeness (QED) is 0.575. The zero-order chi connectivity index (χ0) is 7.44. The summed E-state index contributed by atoms with van der Waals surface area (Å²) in [5, 5.41) is 7.25. The maximum absolute atomic E-state index is 10.4. The van der Waals surface area contributed by atoms with Crippen molar-refractivity contribution in [2.75, 3.05) is 0 Å². The molecule has 0 fully saturated rings. The second-order valence-electron chi connectivity index (χ2n) is 2.56. The zero-order valence-electron chi connectivity index (χ0n) is 6.19. The van der Waals surface area contributed by atoms with Crippen molar-refractivity contribution in [2.45, 2.75) is 27.2 Å². The Morgan fingerprint density at radius 2 is 2.00 bits per heavy atom. The molecular weight excluding hydrogens is 114 g/mol. The topological polar surface area (TPSA) is 40.9 Å². The van der Waals surface area contributed by atoms with Gasteiger partial charge in [-0.3, -0.25) is 4.79 Å². The lowest BCUT2D eigenvalue weighted by molar-refractivity contribution is -0.115. The first kappa shape index (κ1) is 8.34. The van der Waals surface area contributed by atoms with Gasteiger partial charge < -0.3 is 5.41 Å². The molecule has 0 atom stereocenters. The molecule has 0 bridgehead atoms. The molecule has 0 saturated carbocycles. The predicted octanol–water partition coefficient (Wildman–Crippen LogP) is 1.64. The second kappa shape index (κ2) is 3.38. The molecule has 0 heterocycles. The Labute approximate surface area is 55.8 Å². The van der Waals surface area contributed by atoms with E-state index in [9.17, 15) is 4.79 Å². The highest BCUT2D eigenvalue weighted by Crippen LogP contribution is 1.98. The number of rotatable bonds is 3. The Bertz CT molecular complexity index is 127. The van der Waals surface area contributed by atoms with Gasteiger partial charge in [-0.2, -0.15) is 0 Å². The molecule has 1 N–H and O–H groups in total. The summed E-state index contributed by atoms with van der Waals surface area (Å²) < 4.78 is 0. The fourth-order valence-electron chi connectivity index (χ4n) is 0.472. The van der Waals surface area contributed by atoms with E-state index in [1.807, 2.05) is 13.8 Å².